The van der Waals surface area contributed by atoms with Crippen LogP contribution in [0.2, 0.25) is 0 Å². The lowest BCUT2D eigenvalue weighted by Crippen LogP contribution is -2.68. The van der Waals surface area contributed by atoms with Crippen molar-refractivity contribution in [2.24, 2.45) is 0 Å². The van der Waals surface area contributed by atoms with E-state index in [1.54, 1.807) is 13.8 Å². The van der Waals surface area contributed by atoms with E-state index in [1.165, 1.54) is 22.6 Å². The SMILES string of the molecule is CC(C)S(=O)(=O)N1CC2(C[C@@H](Oc3ncccc3F)CCO2)C1. The highest BCUT2D eigenvalue weighted by molar-refractivity contribution is 7.89. The van der Waals surface area contributed by atoms with Crippen molar-refractivity contribution >= 4 is 10.0 Å². The zero-order valence-electron chi connectivity index (χ0n) is 13.2. The van der Waals surface area contributed by atoms with Crippen LogP contribution in [-0.4, -0.2) is 54.4 Å². The second-order valence-electron chi connectivity index (χ2n) is 6.42. The molecule has 0 aromatic carbocycles. The van der Waals surface area contributed by atoms with Crippen LogP contribution in [0.1, 0.15) is 26.7 Å². The van der Waals surface area contributed by atoms with Gasteiger partial charge in [0.1, 0.15) is 6.10 Å². The summed E-state index contributed by atoms with van der Waals surface area (Å²) >= 11 is 0. The fourth-order valence-corrected chi connectivity index (χ4v) is 4.42. The van der Waals surface area contributed by atoms with Gasteiger partial charge in [-0.15, -0.1) is 0 Å². The normalized spacial score (nSPS) is 24.6. The first kappa shape index (κ1) is 16.6. The minimum absolute atomic E-state index is 0.0134. The highest BCUT2D eigenvalue weighted by Crippen LogP contribution is 2.37. The second-order valence-corrected chi connectivity index (χ2v) is 8.91. The lowest BCUT2D eigenvalue weighted by Gasteiger charge is -2.52. The van der Waals surface area contributed by atoms with Crippen molar-refractivity contribution in [3.63, 3.8) is 0 Å². The van der Waals surface area contributed by atoms with Gasteiger partial charge in [-0.3, -0.25) is 0 Å². The van der Waals surface area contributed by atoms with Gasteiger partial charge in [-0.25, -0.2) is 17.8 Å². The van der Waals surface area contributed by atoms with Crippen LogP contribution in [0.25, 0.3) is 0 Å². The Bertz CT molecular complexity index is 674. The van der Waals surface area contributed by atoms with E-state index < -0.39 is 26.7 Å². The number of ether oxygens (including phenoxy) is 2. The van der Waals surface area contributed by atoms with Gasteiger partial charge in [0.2, 0.25) is 10.0 Å². The molecule has 0 saturated carbocycles. The number of nitrogens with zero attached hydrogens (tertiary/aromatic N) is 2. The van der Waals surface area contributed by atoms with Crippen LogP contribution >= 0.6 is 0 Å². The lowest BCUT2D eigenvalue weighted by molar-refractivity contribution is -0.165. The van der Waals surface area contributed by atoms with Crippen LogP contribution in [0.15, 0.2) is 18.3 Å². The van der Waals surface area contributed by atoms with Crippen molar-refractivity contribution < 1.29 is 22.3 Å². The maximum absolute atomic E-state index is 13.6. The summed E-state index contributed by atoms with van der Waals surface area (Å²) in [5.41, 5.74) is -0.518. The molecular formula is C15H21FN2O4S. The molecule has 23 heavy (non-hydrogen) atoms. The maximum Gasteiger partial charge on any atom is 0.250 e. The number of rotatable bonds is 4. The fourth-order valence-electron chi connectivity index (χ4n) is 2.99. The first-order valence-corrected chi connectivity index (χ1v) is 9.23. The van der Waals surface area contributed by atoms with Gasteiger partial charge in [0, 0.05) is 32.1 Å². The molecule has 0 aliphatic carbocycles. The van der Waals surface area contributed by atoms with Gasteiger partial charge in [-0.1, -0.05) is 0 Å². The first-order chi connectivity index (χ1) is 10.8. The number of sulfonamides is 1. The Morgan fingerprint density at radius 3 is 2.87 bits per heavy atom. The molecule has 1 aromatic heterocycles. The van der Waals surface area contributed by atoms with Crippen molar-refractivity contribution in [2.45, 2.75) is 43.6 Å². The van der Waals surface area contributed by atoms with E-state index >= 15 is 0 Å². The van der Waals surface area contributed by atoms with Crippen LogP contribution in [0.3, 0.4) is 0 Å². The quantitative estimate of drug-likeness (QED) is 0.829. The van der Waals surface area contributed by atoms with Gasteiger partial charge >= 0.3 is 0 Å². The van der Waals surface area contributed by atoms with E-state index in [1.807, 2.05) is 0 Å². The smallest absolute Gasteiger partial charge is 0.250 e. The van der Waals surface area contributed by atoms with Gasteiger partial charge in [-0.2, -0.15) is 4.31 Å². The minimum atomic E-state index is -3.26. The van der Waals surface area contributed by atoms with Gasteiger partial charge < -0.3 is 9.47 Å². The fraction of sp³-hybridized carbons (Fsp3) is 0.667. The molecule has 0 bridgehead atoms. The molecule has 2 saturated heterocycles. The molecule has 2 aliphatic rings. The van der Waals surface area contributed by atoms with Crippen molar-refractivity contribution in [3.05, 3.63) is 24.1 Å². The molecule has 0 N–H and O–H groups in total. The van der Waals surface area contributed by atoms with Crippen LogP contribution in [0.5, 0.6) is 5.88 Å². The van der Waals surface area contributed by atoms with Crippen LogP contribution in [-0.2, 0) is 14.8 Å². The second kappa shape index (κ2) is 5.99. The summed E-state index contributed by atoms with van der Waals surface area (Å²) in [5.74, 6) is -0.508. The molecule has 0 radical (unpaired) electrons. The Morgan fingerprint density at radius 1 is 1.48 bits per heavy atom. The number of halogens is 1. The summed E-state index contributed by atoms with van der Waals surface area (Å²) < 4.78 is 50.8. The zero-order valence-corrected chi connectivity index (χ0v) is 14.1. The molecule has 6 nitrogen and oxygen atoms in total. The van der Waals surface area contributed by atoms with E-state index in [0.717, 1.165) is 0 Å². The summed E-state index contributed by atoms with van der Waals surface area (Å²) in [6, 6.07) is 2.81. The molecule has 3 heterocycles. The molecule has 1 atom stereocenters. The average Bonchev–Trinajstić information content (AvgIpc) is 2.47. The van der Waals surface area contributed by atoms with Crippen molar-refractivity contribution in [2.75, 3.05) is 19.7 Å². The Kier molecular flexibility index (Phi) is 4.33. The molecule has 8 heteroatoms. The molecule has 3 rings (SSSR count). The van der Waals surface area contributed by atoms with Crippen LogP contribution in [0.4, 0.5) is 4.39 Å². The topological polar surface area (TPSA) is 68.7 Å². The highest BCUT2D eigenvalue weighted by Gasteiger charge is 2.52. The van der Waals surface area contributed by atoms with E-state index in [9.17, 15) is 12.8 Å². The third kappa shape index (κ3) is 3.20. The van der Waals surface area contributed by atoms with Gasteiger partial charge in [0.15, 0.2) is 5.82 Å². The zero-order chi connectivity index (χ0) is 16.7. The van der Waals surface area contributed by atoms with E-state index in [-0.39, 0.29) is 12.0 Å². The van der Waals surface area contributed by atoms with Gasteiger partial charge in [-0.05, 0) is 26.0 Å². The van der Waals surface area contributed by atoms with Crippen molar-refractivity contribution in [1.82, 2.24) is 9.29 Å². The van der Waals surface area contributed by atoms with Crippen molar-refractivity contribution in [1.29, 1.82) is 0 Å². The lowest BCUT2D eigenvalue weighted by atomic mass is 9.86. The van der Waals surface area contributed by atoms with E-state index in [2.05, 4.69) is 4.98 Å². The Hall–Kier alpha value is -1.25. The maximum atomic E-state index is 13.6. The predicted octanol–water partition coefficient (Wildman–Crippen LogP) is 1.57. The molecule has 128 valence electrons. The monoisotopic (exact) mass is 344 g/mol. The summed E-state index contributed by atoms with van der Waals surface area (Å²) in [5, 5.41) is -0.446. The number of hydrogen-bond donors (Lipinski definition) is 0. The van der Waals surface area contributed by atoms with Gasteiger partial charge in [0.05, 0.1) is 17.5 Å². The van der Waals surface area contributed by atoms with Crippen LogP contribution in [0, 0.1) is 5.82 Å². The third-order valence-corrected chi connectivity index (χ3v) is 6.50. The number of pyridine rings is 1. The Labute approximate surface area is 135 Å². The van der Waals surface area contributed by atoms with Crippen LogP contribution < -0.4 is 4.74 Å². The predicted molar refractivity (Wildman–Crippen MR) is 82.2 cm³/mol. The molecule has 0 amide bonds. The number of aromatic nitrogens is 1. The molecule has 1 spiro atoms. The molecule has 0 unspecified atom stereocenters. The molecule has 1 aromatic rings. The molecular weight excluding hydrogens is 323 g/mol. The Balaban J connectivity index is 1.63. The first-order valence-electron chi connectivity index (χ1n) is 7.72. The largest absolute Gasteiger partial charge is 0.472 e. The summed E-state index contributed by atoms with van der Waals surface area (Å²) in [4.78, 5) is 3.90. The highest BCUT2D eigenvalue weighted by atomic mass is 32.2. The summed E-state index contributed by atoms with van der Waals surface area (Å²) in [6.45, 7) is 4.46. The molecule has 2 fully saturated rings. The van der Waals surface area contributed by atoms with E-state index in [4.69, 9.17) is 9.47 Å². The summed E-state index contributed by atoms with van der Waals surface area (Å²) in [7, 11) is -3.26. The standard InChI is InChI=1S/C15H21FN2O4S/c1-11(2)23(19,20)18-9-15(10-18)8-12(5-7-21-15)22-14-13(16)4-3-6-17-14/h3-4,6,11-12H,5,7-10H2,1-2H3/t12-/m0/s1. The minimum Gasteiger partial charge on any atom is -0.472 e. The summed E-state index contributed by atoms with van der Waals surface area (Å²) in [6.07, 6.45) is 2.42. The van der Waals surface area contributed by atoms with Crippen molar-refractivity contribution in [3.8, 4) is 5.88 Å². The average molecular weight is 344 g/mol. The van der Waals surface area contributed by atoms with E-state index in [0.29, 0.717) is 32.5 Å². The Morgan fingerprint density at radius 2 is 2.22 bits per heavy atom. The number of hydrogen-bond acceptors (Lipinski definition) is 5. The molecule has 2 aliphatic heterocycles. The third-order valence-electron chi connectivity index (χ3n) is 4.34. The van der Waals surface area contributed by atoms with Gasteiger partial charge in [0.25, 0.3) is 5.88 Å².